The molecule has 2 aromatic rings. The molecule has 0 spiro atoms. The molecule has 84 valence electrons. The van der Waals surface area contributed by atoms with Gasteiger partial charge in [0.1, 0.15) is 11.3 Å². The van der Waals surface area contributed by atoms with Crippen molar-refractivity contribution >= 4 is 29.0 Å². The van der Waals surface area contributed by atoms with Crippen LogP contribution in [0.3, 0.4) is 0 Å². The molecule has 4 N–H and O–H groups in total. The number of nitrogens with zero attached hydrogens (tertiary/aromatic N) is 2. The van der Waals surface area contributed by atoms with Gasteiger partial charge in [0.2, 0.25) is 5.96 Å². The van der Waals surface area contributed by atoms with E-state index in [4.69, 9.17) is 5.73 Å². The van der Waals surface area contributed by atoms with Crippen LogP contribution in [-0.4, -0.2) is 21.8 Å². The largest absolute Gasteiger partial charge is 0.369 e. The first kappa shape index (κ1) is 9.59. The van der Waals surface area contributed by atoms with Gasteiger partial charge in [-0.1, -0.05) is 0 Å². The summed E-state index contributed by atoms with van der Waals surface area (Å²) in [6.07, 6.45) is 5.16. The first-order valence-electron chi connectivity index (χ1n) is 5.03. The Morgan fingerprint density at radius 1 is 1.41 bits per heavy atom. The number of amides is 1. The van der Waals surface area contributed by atoms with E-state index in [1.807, 2.05) is 12.1 Å². The molecular formula is C11H9N5O. The molecule has 0 saturated carbocycles. The first-order chi connectivity index (χ1) is 8.24. The van der Waals surface area contributed by atoms with Crippen LogP contribution in [0.4, 0.5) is 0 Å². The number of pyridine rings is 1. The molecule has 0 atom stereocenters. The fraction of sp³-hybridized carbons (Fsp3) is 0. The molecule has 6 nitrogen and oxygen atoms in total. The van der Waals surface area contributed by atoms with Crippen molar-refractivity contribution in [3.8, 4) is 0 Å². The van der Waals surface area contributed by atoms with Gasteiger partial charge >= 0.3 is 0 Å². The number of fused-ring (bicyclic) bond motifs is 1. The second-order valence-corrected chi connectivity index (χ2v) is 3.62. The number of nitrogens with two attached hydrogens (primary N) is 1. The van der Waals surface area contributed by atoms with Crippen molar-refractivity contribution < 1.29 is 4.79 Å². The SMILES string of the molecule is NC1=N/C(=C\c2c[nH]c3ncccc23)C(=O)N1. The molecule has 0 unspecified atom stereocenters. The van der Waals surface area contributed by atoms with E-state index in [1.165, 1.54) is 0 Å². The summed E-state index contributed by atoms with van der Waals surface area (Å²) in [5.74, 6) is -0.167. The molecule has 1 amide bonds. The van der Waals surface area contributed by atoms with E-state index in [2.05, 4.69) is 20.3 Å². The molecule has 3 heterocycles. The van der Waals surface area contributed by atoms with Gasteiger partial charge < -0.3 is 10.7 Å². The van der Waals surface area contributed by atoms with Gasteiger partial charge in [-0.15, -0.1) is 0 Å². The Morgan fingerprint density at radius 3 is 3.06 bits per heavy atom. The molecular weight excluding hydrogens is 218 g/mol. The van der Waals surface area contributed by atoms with Crippen molar-refractivity contribution in [2.75, 3.05) is 0 Å². The van der Waals surface area contributed by atoms with E-state index >= 15 is 0 Å². The zero-order chi connectivity index (χ0) is 11.8. The summed E-state index contributed by atoms with van der Waals surface area (Å²) in [6, 6.07) is 3.76. The first-order valence-corrected chi connectivity index (χ1v) is 5.03. The molecule has 1 aliphatic rings. The van der Waals surface area contributed by atoms with Gasteiger partial charge in [-0.05, 0) is 18.2 Å². The number of nitrogens with one attached hydrogen (secondary N) is 2. The highest BCUT2D eigenvalue weighted by atomic mass is 16.2. The third-order valence-corrected chi connectivity index (χ3v) is 2.49. The molecule has 0 radical (unpaired) electrons. The summed E-state index contributed by atoms with van der Waals surface area (Å²) in [4.78, 5) is 22.5. The predicted molar refractivity (Wildman–Crippen MR) is 63.8 cm³/mol. The molecule has 3 rings (SSSR count). The Kier molecular flexibility index (Phi) is 1.94. The normalized spacial score (nSPS) is 17.5. The van der Waals surface area contributed by atoms with E-state index in [-0.39, 0.29) is 11.9 Å². The van der Waals surface area contributed by atoms with E-state index in [1.54, 1.807) is 18.5 Å². The number of aromatic nitrogens is 2. The van der Waals surface area contributed by atoms with Crippen LogP contribution in [0.15, 0.2) is 35.2 Å². The number of hydrogen-bond donors (Lipinski definition) is 3. The molecule has 17 heavy (non-hydrogen) atoms. The van der Waals surface area contributed by atoms with E-state index in [9.17, 15) is 4.79 Å². The van der Waals surface area contributed by atoms with Crippen LogP contribution in [0.1, 0.15) is 5.56 Å². The minimum absolute atomic E-state index is 0.124. The maximum absolute atomic E-state index is 11.4. The zero-order valence-corrected chi connectivity index (χ0v) is 8.77. The Hall–Kier alpha value is -2.63. The monoisotopic (exact) mass is 227 g/mol. The van der Waals surface area contributed by atoms with Crippen molar-refractivity contribution in [2.45, 2.75) is 0 Å². The number of hydrogen-bond acceptors (Lipinski definition) is 4. The summed E-state index contributed by atoms with van der Waals surface area (Å²) in [7, 11) is 0. The number of aliphatic imine (C=N–C) groups is 1. The van der Waals surface area contributed by atoms with Gasteiger partial charge in [-0.25, -0.2) is 9.98 Å². The Bertz CT molecular complexity index is 667. The Labute approximate surface area is 96.3 Å². The number of carbonyl (C=O) groups excluding carboxylic acids is 1. The fourth-order valence-electron chi connectivity index (χ4n) is 1.73. The number of guanidine groups is 1. The van der Waals surface area contributed by atoms with Gasteiger partial charge in [0.15, 0.2) is 0 Å². The van der Waals surface area contributed by atoms with Crippen molar-refractivity contribution in [1.29, 1.82) is 0 Å². The van der Waals surface area contributed by atoms with Gasteiger partial charge in [-0.2, -0.15) is 0 Å². The highest BCUT2D eigenvalue weighted by molar-refractivity contribution is 6.13. The molecule has 0 bridgehead atoms. The van der Waals surface area contributed by atoms with E-state index in [0.29, 0.717) is 5.70 Å². The summed E-state index contributed by atoms with van der Waals surface area (Å²) >= 11 is 0. The molecule has 0 aliphatic carbocycles. The van der Waals surface area contributed by atoms with Crippen LogP contribution in [-0.2, 0) is 4.79 Å². The minimum atomic E-state index is -0.291. The van der Waals surface area contributed by atoms with E-state index < -0.39 is 0 Å². The third-order valence-electron chi connectivity index (χ3n) is 2.49. The average Bonchev–Trinajstić information content (AvgIpc) is 2.85. The summed E-state index contributed by atoms with van der Waals surface area (Å²) < 4.78 is 0. The lowest BCUT2D eigenvalue weighted by molar-refractivity contribution is -0.115. The minimum Gasteiger partial charge on any atom is -0.369 e. The molecule has 2 aromatic heterocycles. The van der Waals surface area contributed by atoms with Gasteiger partial charge in [0.25, 0.3) is 5.91 Å². The fourth-order valence-corrected chi connectivity index (χ4v) is 1.73. The molecule has 0 fully saturated rings. The number of H-pyrrole nitrogens is 1. The number of carbonyl (C=O) groups is 1. The quantitative estimate of drug-likeness (QED) is 0.613. The van der Waals surface area contributed by atoms with Crippen molar-refractivity contribution in [3.63, 3.8) is 0 Å². The molecule has 0 saturated heterocycles. The van der Waals surface area contributed by atoms with Crippen LogP contribution in [0, 0.1) is 0 Å². The van der Waals surface area contributed by atoms with Crippen LogP contribution in [0.5, 0.6) is 0 Å². The van der Waals surface area contributed by atoms with Crippen LogP contribution < -0.4 is 11.1 Å². The average molecular weight is 227 g/mol. The van der Waals surface area contributed by atoms with Crippen LogP contribution in [0.25, 0.3) is 17.1 Å². The second-order valence-electron chi connectivity index (χ2n) is 3.62. The summed E-state index contributed by atoms with van der Waals surface area (Å²) in [5, 5.41) is 3.36. The smallest absolute Gasteiger partial charge is 0.276 e. The van der Waals surface area contributed by atoms with E-state index in [0.717, 1.165) is 16.6 Å². The Morgan fingerprint density at radius 2 is 2.29 bits per heavy atom. The number of aromatic amines is 1. The van der Waals surface area contributed by atoms with Crippen LogP contribution in [0.2, 0.25) is 0 Å². The zero-order valence-electron chi connectivity index (χ0n) is 8.77. The van der Waals surface area contributed by atoms with Crippen molar-refractivity contribution in [2.24, 2.45) is 10.7 Å². The summed E-state index contributed by atoms with van der Waals surface area (Å²) in [5.41, 5.74) is 7.34. The molecule has 0 aromatic carbocycles. The van der Waals surface area contributed by atoms with Gasteiger partial charge in [0, 0.05) is 23.3 Å². The second kappa shape index (κ2) is 3.44. The number of rotatable bonds is 1. The lowest BCUT2D eigenvalue weighted by atomic mass is 10.2. The Balaban J connectivity index is 2.11. The maximum Gasteiger partial charge on any atom is 0.276 e. The van der Waals surface area contributed by atoms with Crippen molar-refractivity contribution in [3.05, 3.63) is 35.8 Å². The highest BCUT2D eigenvalue weighted by Crippen LogP contribution is 2.19. The maximum atomic E-state index is 11.4. The van der Waals surface area contributed by atoms with Gasteiger partial charge in [0.05, 0.1) is 0 Å². The summed E-state index contributed by atoms with van der Waals surface area (Å²) in [6.45, 7) is 0. The molecule has 6 heteroatoms. The standard InChI is InChI=1S/C11H9N5O/c12-11-15-8(10(17)16-11)4-6-5-14-9-7(6)2-1-3-13-9/h1-5H,(H,13,14)(H3,12,15,16,17)/b8-4-. The van der Waals surface area contributed by atoms with Gasteiger partial charge in [-0.3, -0.25) is 10.1 Å². The predicted octanol–water partition coefficient (Wildman–Crippen LogP) is 0.348. The lowest BCUT2D eigenvalue weighted by Gasteiger charge is -1.92. The van der Waals surface area contributed by atoms with Crippen LogP contribution >= 0.6 is 0 Å². The molecule has 1 aliphatic heterocycles. The lowest BCUT2D eigenvalue weighted by Crippen LogP contribution is -2.30. The highest BCUT2D eigenvalue weighted by Gasteiger charge is 2.17. The third kappa shape index (κ3) is 1.55. The van der Waals surface area contributed by atoms with Crippen molar-refractivity contribution in [1.82, 2.24) is 15.3 Å². The topological polar surface area (TPSA) is 96.2 Å².